The molecule has 1 unspecified atom stereocenters. The number of pyridine rings is 1. The van der Waals surface area contributed by atoms with E-state index in [4.69, 9.17) is 9.47 Å². The summed E-state index contributed by atoms with van der Waals surface area (Å²) in [5, 5.41) is 5.09. The van der Waals surface area contributed by atoms with Crippen LogP contribution in [0.5, 0.6) is 11.5 Å². The van der Waals surface area contributed by atoms with Gasteiger partial charge in [-0.05, 0) is 43.2 Å². The SMILES string of the molecule is O=C(Nc1nc(-c2ccc3c(c2)OCCO3)cs1)C1CCCN(c2ncccc2C(F)(F)F)C1. The number of ether oxygens (including phenoxy) is 2. The molecule has 2 aliphatic heterocycles. The molecule has 2 aliphatic rings. The van der Waals surface area contributed by atoms with Gasteiger partial charge in [0.2, 0.25) is 5.91 Å². The minimum Gasteiger partial charge on any atom is -0.486 e. The van der Waals surface area contributed by atoms with Crippen LogP contribution in [-0.2, 0) is 11.0 Å². The Morgan fingerprint density at radius 1 is 1.18 bits per heavy atom. The van der Waals surface area contributed by atoms with E-state index in [0.29, 0.717) is 54.9 Å². The maximum atomic E-state index is 13.4. The number of aromatic nitrogens is 2. The lowest BCUT2D eigenvalue weighted by Crippen LogP contribution is -2.41. The van der Waals surface area contributed by atoms with Crippen molar-refractivity contribution in [2.24, 2.45) is 5.92 Å². The van der Waals surface area contributed by atoms with Crippen molar-refractivity contribution < 1.29 is 27.4 Å². The molecule has 1 saturated heterocycles. The molecule has 0 bridgehead atoms. The van der Waals surface area contributed by atoms with Crippen molar-refractivity contribution in [2.45, 2.75) is 19.0 Å². The van der Waals surface area contributed by atoms with Crippen LogP contribution < -0.4 is 19.7 Å². The van der Waals surface area contributed by atoms with Gasteiger partial charge < -0.3 is 19.7 Å². The number of nitrogens with zero attached hydrogens (tertiary/aromatic N) is 3. The van der Waals surface area contributed by atoms with E-state index in [1.54, 1.807) is 4.90 Å². The fourth-order valence-electron chi connectivity index (χ4n) is 4.13. The second-order valence-corrected chi connectivity index (χ2v) is 8.90. The zero-order chi connectivity index (χ0) is 23.7. The summed E-state index contributed by atoms with van der Waals surface area (Å²) in [5.41, 5.74) is 0.727. The molecule has 4 heterocycles. The van der Waals surface area contributed by atoms with Crippen LogP contribution in [0.15, 0.2) is 41.9 Å². The molecule has 0 radical (unpaired) electrons. The van der Waals surface area contributed by atoms with Gasteiger partial charge >= 0.3 is 6.18 Å². The van der Waals surface area contributed by atoms with Crippen LogP contribution in [0.25, 0.3) is 11.3 Å². The summed E-state index contributed by atoms with van der Waals surface area (Å²) in [6.45, 7) is 1.56. The first-order valence-corrected chi connectivity index (χ1v) is 11.7. The molecule has 1 amide bonds. The zero-order valence-corrected chi connectivity index (χ0v) is 18.8. The fourth-order valence-corrected chi connectivity index (χ4v) is 4.85. The number of hydrogen-bond acceptors (Lipinski definition) is 7. The number of amides is 1. The van der Waals surface area contributed by atoms with Gasteiger partial charge in [0.15, 0.2) is 16.6 Å². The van der Waals surface area contributed by atoms with Crippen molar-refractivity contribution in [1.29, 1.82) is 0 Å². The van der Waals surface area contributed by atoms with Crippen molar-refractivity contribution in [3.05, 3.63) is 47.5 Å². The number of fused-ring (bicyclic) bond motifs is 1. The monoisotopic (exact) mass is 490 g/mol. The predicted molar refractivity (Wildman–Crippen MR) is 121 cm³/mol. The van der Waals surface area contributed by atoms with Crippen LogP contribution in [0, 0.1) is 5.92 Å². The van der Waals surface area contributed by atoms with Gasteiger partial charge in [0, 0.05) is 30.2 Å². The molecule has 178 valence electrons. The maximum absolute atomic E-state index is 13.4. The third-order valence-corrected chi connectivity index (χ3v) is 6.51. The van der Waals surface area contributed by atoms with E-state index in [0.717, 1.165) is 11.6 Å². The Morgan fingerprint density at radius 2 is 2.00 bits per heavy atom. The standard InChI is InChI=1S/C23H21F3N4O3S/c24-23(25,26)16-4-1-7-27-20(16)30-8-2-3-15(12-30)21(31)29-22-28-17(13-34-22)14-5-6-18-19(11-14)33-10-9-32-18/h1,4-7,11,13,15H,2-3,8-10,12H2,(H,28,29,31). The fraction of sp³-hybridized carbons (Fsp3) is 0.348. The number of rotatable bonds is 4. The van der Waals surface area contributed by atoms with Crippen LogP contribution in [0.4, 0.5) is 24.1 Å². The average Bonchev–Trinajstić information content (AvgIpc) is 3.32. The molecule has 1 fully saturated rings. The molecule has 7 nitrogen and oxygen atoms in total. The number of carbonyl (C=O) groups is 1. The summed E-state index contributed by atoms with van der Waals surface area (Å²) in [6.07, 6.45) is -2.00. The van der Waals surface area contributed by atoms with Crippen molar-refractivity contribution in [3.63, 3.8) is 0 Å². The molecule has 0 spiro atoms. The van der Waals surface area contributed by atoms with E-state index in [-0.39, 0.29) is 18.3 Å². The average molecular weight is 491 g/mol. The lowest BCUT2D eigenvalue weighted by atomic mass is 9.97. The van der Waals surface area contributed by atoms with Crippen molar-refractivity contribution in [2.75, 3.05) is 36.5 Å². The minimum atomic E-state index is -4.51. The number of nitrogens with one attached hydrogen (secondary N) is 1. The second kappa shape index (κ2) is 9.13. The molecule has 11 heteroatoms. The van der Waals surface area contributed by atoms with Crippen LogP contribution >= 0.6 is 11.3 Å². The molecular weight excluding hydrogens is 469 g/mol. The summed E-state index contributed by atoms with van der Waals surface area (Å²) >= 11 is 1.29. The van der Waals surface area contributed by atoms with Gasteiger partial charge in [0.25, 0.3) is 0 Å². The van der Waals surface area contributed by atoms with Gasteiger partial charge in [-0.25, -0.2) is 9.97 Å². The zero-order valence-electron chi connectivity index (χ0n) is 18.0. The molecular formula is C23H21F3N4O3S. The van der Waals surface area contributed by atoms with E-state index >= 15 is 0 Å². The second-order valence-electron chi connectivity index (χ2n) is 8.04. The van der Waals surface area contributed by atoms with Crippen LogP contribution in [0.2, 0.25) is 0 Å². The van der Waals surface area contributed by atoms with Gasteiger partial charge in [-0.3, -0.25) is 4.79 Å². The number of anilines is 2. The van der Waals surface area contributed by atoms with E-state index in [1.165, 1.54) is 23.6 Å². The highest BCUT2D eigenvalue weighted by molar-refractivity contribution is 7.14. The third-order valence-electron chi connectivity index (χ3n) is 5.76. The van der Waals surface area contributed by atoms with Gasteiger partial charge in [0.1, 0.15) is 19.0 Å². The van der Waals surface area contributed by atoms with Crippen LogP contribution in [-0.4, -0.2) is 42.2 Å². The molecule has 2 aromatic heterocycles. The Kier molecular flexibility index (Phi) is 6.03. The number of alkyl halides is 3. The number of hydrogen-bond donors (Lipinski definition) is 1. The Labute approximate surface area is 197 Å². The summed E-state index contributed by atoms with van der Waals surface area (Å²) in [4.78, 5) is 22.9. The minimum absolute atomic E-state index is 0.136. The Hall–Kier alpha value is -3.34. The predicted octanol–water partition coefficient (Wildman–Crippen LogP) is 4.85. The first-order valence-electron chi connectivity index (χ1n) is 10.8. The summed E-state index contributed by atoms with van der Waals surface area (Å²) in [7, 11) is 0. The Bertz CT molecular complexity index is 1200. The first-order chi connectivity index (χ1) is 16.4. The number of carbonyl (C=O) groups excluding carboxylic acids is 1. The molecule has 1 aromatic carbocycles. The molecule has 0 aliphatic carbocycles. The summed E-state index contributed by atoms with van der Waals surface area (Å²) in [5.74, 6) is 0.456. The highest BCUT2D eigenvalue weighted by Gasteiger charge is 2.37. The maximum Gasteiger partial charge on any atom is 0.419 e. The number of thiazole rings is 1. The molecule has 34 heavy (non-hydrogen) atoms. The Balaban J connectivity index is 1.27. The van der Waals surface area contributed by atoms with Crippen LogP contribution in [0.1, 0.15) is 18.4 Å². The smallest absolute Gasteiger partial charge is 0.419 e. The molecule has 1 atom stereocenters. The van der Waals surface area contributed by atoms with Crippen molar-refractivity contribution >= 4 is 28.2 Å². The Morgan fingerprint density at radius 3 is 2.82 bits per heavy atom. The van der Waals surface area contributed by atoms with Gasteiger partial charge in [-0.2, -0.15) is 13.2 Å². The highest BCUT2D eigenvalue weighted by Crippen LogP contribution is 2.37. The van der Waals surface area contributed by atoms with Crippen LogP contribution in [0.3, 0.4) is 0 Å². The number of halogens is 3. The normalized spacial score (nSPS) is 18.0. The summed E-state index contributed by atoms with van der Waals surface area (Å²) in [6, 6.07) is 7.82. The van der Waals surface area contributed by atoms with Gasteiger partial charge in [-0.1, -0.05) is 0 Å². The molecule has 1 N–H and O–H groups in total. The lowest BCUT2D eigenvalue weighted by molar-refractivity contribution is -0.137. The largest absolute Gasteiger partial charge is 0.486 e. The number of benzene rings is 1. The van der Waals surface area contributed by atoms with E-state index < -0.39 is 17.7 Å². The third kappa shape index (κ3) is 4.65. The number of piperidine rings is 1. The van der Waals surface area contributed by atoms with Gasteiger partial charge in [0.05, 0.1) is 17.2 Å². The quantitative estimate of drug-likeness (QED) is 0.564. The van der Waals surface area contributed by atoms with E-state index in [1.807, 2.05) is 23.6 Å². The van der Waals surface area contributed by atoms with E-state index in [9.17, 15) is 18.0 Å². The first kappa shape index (κ1) is 22.5. The van der Waals surface area contributed by atoms with Crippen molar-refractivity contribution in [1.82, 2.24) is 9.97 Å². The highest BCUT2D eigenvalue weighted by atomic mass is 32.1. The molecule has 0 saturated carbocycles. The lowest BCUT2D eigenvalue weighted by Gasteiger charge is -2.34. The molecule has 3 aromatic rings. The topological polar surface area (TPSA) is 76.6 Å². The van der Waals surface area contributed by atoms with E-state index in [2.05, 4.69) is 15.3 Å². The van der Waals surface area contributed by atoms with Gasteiger partial charge in [-0.15, -0.1) is 11.3 Å². The summed E-state index contributed by atoms with van der Waals surface area (Å²) < 4.78 is 51.4. The molecule has 5 rings (SSSR count). The van der Waals surface area contributed by atoms with Crippen molar-refractivity contribution in [3.8, 4) is 22.8 Å².